The van der Waals surface area contributed by atoms with Crippen LogP contribution in [0.3, 0.4) is 0 Å². The van der Waals surface area contributed by atoms with Gasteiger partial charge in [-0.2, -0.15) is 0 Å². The maximum Gasteiger partial charge on any atom is 0.307 e. The van der Waals surface area contributed by atoms with Crippen LogP contribution in [0.1, 0.15) is 13.3 Å². The van der Waals surface area contributed by atoms with Crippen molar-refractivity contribution < 1.29 is 9.53 Å². The third-order valence-electron chi connectivity index (χ3n) is 2.52. The second-order valence-corrected chi connectivity index (χ2v) is 3.77. The van der Waals surface area contributed by atoms with Gasteiger partial charge in [0.2, 0.25) is 0 Å². The minimum atomic E-state index is -0.209. The number of nitrogens with zero attached hydrogens (tertiary/aromatic N) is 4. The Morgan fingerprint density at radius 1 is 1.44 bits per heavy atom. The third-order valence-corrected chi connectivity index (χ3v) is 2.52. The second-order valence-electron chi connectivity index (χ2n) is 3.77. The standard InChI is InChI=1S/C11H15N5O2/c1-3-18-8(17)4-5-16(2)11-9-10(13-6-12-9)14-7-15-11/h6-7H,3-5H2,1-2H3,(H,12,13,14,15). The number of hydrogen-bond donors (Lipinski definition) is 1. The van der Waals surface area contributed by atoms with Crippen molar-refractivity contribution in [3.05, 3.63) is 12.7 Å². The second kappa shape index (κ2) is 5.44. The summed E-state index contributed by atoms with van der Waals surface area (Å²) in [5, 5.41) is 0. The lowest BCUT2D eigenvalue weighted by molar-refractivity contribution is -0.142. The first-order valence-electron chi connectivity index (χ1n) is 5.73. The van der Waals surface area contributed by atoms with Gasteiger partial charge in [-0.25, -0.2) is 15.0 Å². The fourth-order valence-corrected chi connectivity index (χ4v) is 1.64. The molecule has 96 valence electrons. The van der Waals surface area contributed by atoms with Gasteiger partial charge in [0.1, 0.15) is 11.8 Å². The molecule has 0 amide bonds. The summed E-state index contributed by atoms with van der Waals surface area (Å²) in [7, 11) is 1.86. The number of aromatic amines is 1. The van der Waals surface area contributed by atoms with Crippen LogP contribution in [-0.2, 0) is 9.53 Å². The maximum absolute atomic E-state index is 11.3. The summed E-state index contributed by atoms with van der Waals surface area (Å²) in [5.41, 5.74) is 1.38. The molecule has 7 nitrogen and oxygen atoms in total. The number of ether oxygens (including phenoxy) is 1. The first-order chi connectivity index (χ1) is 8.72. The van der Waals surface area contributed by atoms with E-state index in [2.05, 4.69) is 19.9 Å². The van der Waals surface area contributed by atoms with Crippen molar-refractivity contribution in [1.82, 2.24) is 19.9 Å². The van der Waals surface area contributed by atoms with E-state index >= 15 is 0 Å². The molecule has 18 heavy (non-hydrogen) atoms. The molecule has 0 saturated carbocycles. The number of H-pyrrole nitrogens is 1. The van der Waals surface area contributed by atoms with Crippen LogP contribution in [0.15, 0.2) is 12.7 Å². The van der Waals surface area contributed by atoms with Crippen LogP contribution in [0.25, 0.3) is 11.2 Å². The predicted molar refractivity (Wildman–Crippen MR) is 66.2 cm³/mol. The Morgan fingerprint density at radius 2 is 2.28 bits per heavy atom. The number of esters is 1. The monoisotopic (exact) mass is 249 g/mol. The molecule has 2 aromatic heterocycles. The largest absolute Gasteiger partial charge is 0.466 e. The zero-order chi connectivity index (χ0) is 13.0. The number of anilines is 1. The Hall–Kier alpha value is -2.18. The van der Waals surface area contributed by atoms with E-state index < -0.39 is 0 Å². The van der Waals surface area contributed by atoms with Crippen LogP contribution in [0.5, 0.6) is 0 Å². The Labute approximate surface area is 104 Å². The highest BCUT2D eigenvalue weighted by Gasteiger charge is 2.11. The van der Waals surface area contributed by atoms with Crippen LogP contribution in [0.2, 0.25) is 0 Å². The normalized spacial score (nSPS) is 10.6. The summed E-state index contributed by atoms with van der Waals surface area (Å²) < 4.78 is 4.88. The molecular formula is C11H15N5O2. The van der Waals surface area contributed by atoms with Gasteiger partial charge < -0.3 is 14.6 Å². The molecule has 0 aliphatic heterocycles. The van der Waals surface area contributed by atoms with Crippen LogP contribution in [-0.4, -0.2) is 46.1 Å². The summed E-state index contributed by atoms with van der Waals surface area (Å²) in [6.45, 7) is 2.73. The molecule has 0 bridgehead atoms. The highest BCUT2D eigenvalue weighted by atomic mass is 16.5. The molecular weight excluding hydrogens is 234 g/mol. The third kappa shape index (κ3) is 2.55. The number of fused-ring (bicyclic) bond motifs is 1. The highest BCUT2D eigenvalue weighted by Crippen LogP contribution is 2.18. The zero-order valence-electron chi connectivity index (χ0n) is 10.4. The van der Waals surface area contributed by atoms with E-state index in [9.17, 15) is 4.79 Å². The quantitative estimate of drug-likeness (QED) is 0.787. The van der Waals surface area contributed by atoms with E-state index in [1.807, 2.05) is 11.9 Å². The highest BCUT2D eigenvalue weighted by molar-refractivity contribution is 5.82. The Balaban J connectivity index is 2.06. The number of rotatable bonds is 5. The molecule has 1 N–H and O–H groups in total. The average Bonchev–Trinajstić information content (AvgIpc) is 2.84. The lowest BCUT2D eigenvalue weighted by Crippen LogP contribution is -2.23. The van der Waals surface area contributed by atoms with E-state index in [1.54, 1.807) is 13.3 Å². The maximum atomic E-state index is 11.3. The molecule has 0 fully saturated rings. The minimum absolute atomic E-state index is 0.209. The van der Waals surface area contributed by atoms with Gasteiger partial charge in [0.25, 0.3) is 0 Å². The van der Waals surface area contributed by atoms with Crippen molar-refractivity contribution in [3.63, 3.8) is 0 Å². The molecule has 0 spiro atoms. The lowest BCUT2D eigenvalue weighted by Gasteiger charge is -2.17. The molecule has 2 rings (SSSR count). The summed E-state index contributed by atoms with van der Waals surface area (Å²) in [6.07, 6.45) is 3.35. The smallest absolute Gasteiger partial charge is 0.307 e. The number of imidazole rings is 1. The van der Waals surface area contributed by atoms with Crippen LogP contribution < -0.4 is 4.90 Å². The fraction of sp³-hybridized carbons (Fsp3) is 0.455. The molecule has 0 aliphatic rings. The van der Waals surface area contributed by atoms with Gasteiger partial charge in [0.15, 0.2) is 11.5 Å². The van der Waals surface area contributed by atoms with Gasteiger partial charge in [-0.05, 0) is 6.92 Å². The number of carbonyl (C=O) groups is 1. The van der Waals surface area contributed by atoms with Crippen molar-refractivity contribution in [3.8, 4) is 0 Å². The molecule has 0 radical (unpaired) electrons. The molecule has 0 saturated heterocycles. The lowest BCUT2D eigenvalue weighted by atomic mass is 10.3. The van der Waals surface area contributed by atoms with Gasteiger partial charge in [0.05, 0.1) is 19.4 Å². The van der Waals surface area contributed by atoms with E-state index in [0.717, 1.165) is 11.3 Å². The summed E-state index contributed by atoms with van der Waals surface area (Å²) in [6, 6.07) is 0. The molecule has 0 unspecified atom stereocenters. The van der Waals surface area contributed by atoms with Gasteiger partial charge in [-0.3, -0.25) is 4.79 Å². The number of hydrogen-bond acceptors (Lipinski definition) is 6. The minimum Gasteiger partial charge on any atom is -0.466 e. The van der Waals surface area contributed by atoms with Crippen LogP contribution in [0, 0.1) is 0 Å². The zero-order valence-corrected chi connectivity index (χ0v) is 10.4. The van der Waals surface area contributed by atoms with Crippen molar-refractivity contribution in [2.45, 2.75) is 13.3 Å². The van der Waals surface area contributed by atoms with Gasteiger partial charge in [-0.15, -0.1) is 0 Å². The molecule has 0 aliphatic carbocycles. The Kier molecular flexibility index (Phi) is 3.71. The van der Waals surface area contributed by atoms with Crippen molar-refractivity contribution in [2.24, 2.45) is 0 Å². The fourth-order valence-electron chi connectivity index (χ4n) is 1.64. The number of carbonyl (C=O) groups excluding carboxylic acids is 1. The topological polar surface area (TPSA) is 84.0 Å². The SMILES string of the molecule is CCOC(=O)CCN(C)c1ncnc2nc[nH]c12. The number of nitrogens with one attached hydrogen (secondary N) is 1. The molecule has 0 aromatic carbocycles. The van der Waals surface area contributed by atoms with E-state index in [4.69, 9.17) is 4.74 Å². The number of aromatic nitrogens is 4. The van der Waals surface area contributed by atoms with E-state index in [0.29, 0.717) is 25.2 Å². The molecule has 0 atom stereocenters. The predicted octanol–water partition coefficient (Wildman–Crippen LogP) is 0.742. The van der Waals surface area contributed by atoms with Crippen molar-refractivity contribution >= 4 is 23.0 Å². The summed E-state index contributed by atoms with van der Waals surface area (Å²) in [5.74, 6) is 0.515. The van der Waals surface area contributed by atoms with Gasteiger partial charge in [-0.1, -0.05) is 0 Å². The first kappa shape index (κ1) is 12.3. The average molecular weight is 249 g/mol. The summed E-state index contributed by atoms with van der Waals surface area (Å²) in [4.78, 5) is 28.4. The van der Waals surface area contributed by atoms with E-state index in [1.165, 1.54) is 6.33 Å². The van der Waals surface area contributed by atoms with E-state index in [-0.39, 0.29) is 5.97 Å². The Bertz CT molecular complexity index is 539. The van der Waals surface area contributed by atoms with Gasteiger partial charge >= 0.3 is 5.97 Å². The van der Waals surface area contributed by atoms with Crippen molar-refractivity contribution in [2.75, 3.05) is 25.1 Å². The first-order valence-corrected chi connectivity index (χ1v) is 5.73. The van der Waals surface area contributed by atoms with Crippen LogP contribution in [0.4, 0.5) is 5.82 Å². The van der Waals surface area contributed by atoms with Crippen LogP contribution >= 0.6 is 0 Å². The molecule has 2 heterocycles. The van der Waals surface area contributed by atoms with Crippen molar-refractivity contribution in [1.29, 1.82) is 0 Å². The molecule has 7 heteroatoms. The molecule has 2 aromatic rings. The van der Waals surface area contributed by atoms with Gasteiger partial charge in [0, 0.05) is 13.6 Å². The Morgan fingerprint density at radius 3 is 3.06 bits per heavy atom. The summed E-state index contributed by atoms with van der Waals surface area (Å²) >= 11 is 0.